The van der Waals surface area contributed by atoms with Gasteiger partial charge in [0.2, 0.25) is 0 Å². The molecule has 1 heterocycles. The van der Waals surface area contributed by atoms with E-state index in [1.807, 2.05) is 6.92 Å². The van der Waals surface area contributed by atoms with E-state index in [9.17, 15) is 19.7 Å². The van der Waals surface area contributed by atoms with Crippen molar-refractivity contribution < 1.29 is 18.9 Å². The van der Waals surface area contributed by atoms with Gasteiger partial charge in [-0.25, -0.2) is 4.79 Å². The Morgan fingerprint density at radius 1 is 1.19 bits per heavy atom. The average molecular weight is 368 g/mol. The Labute approximate surface area is 153 Å². The van der Waals surface area contributed by atoms with Crippen molar-refractivity contribution in [2.45, 2.75) is 13.8 Å². The molecule has 0 atom stereocenters. The van der Waals surface area contributed by atoms with Gasteiger partial charge in [-0.3, -0.25) is 14.9 Å². The molecular weight excluding hydrogens is 352 g/mol. The number of benzene rings is 2. The maximum absolute atomic E-state index is 12.0. The first-order chi connectivity index (χ1) is 12.8. The summed E-state index contributed by atoms with van der Waals surface area (Å²) in [4.78, 5) is 33.7. The lowest BCUT2D eigenvalue weighted by molar-refractivity contribution is -0.384. The number of nitrogens with zero attached hydrogens (tertiary/aromatic N) is 1. The Bertz CT molecular complexity index is 1090. The molecule has 0 spiro atoms. The molecule has 0 fully saturated rings. The third-order valence-electron chi connectivity index (χ3n) is 4.04. The van der Waals surface area contributed by atoms with Gasteiger partial charge >= 0.3 is 5.63 Å². The van der Waals surface area contributed by atoms with Crippen LogP contribution in [0.3, 0.4) is 0 Å². The van der Waals surface area contributed by atoms with Crippen LogP contribution < -0.4 is 15.7 Å². The summed E-state index contributed by atoms with van der Waals surface area (Å²) < 4.78 is 10.8. The van der Waals surface area contributed by atoms with Crippen LogP contribution in [0, 0.1) is 24.0 Å². The quantitative estimate of drug-likeness (QED) is 0.420. The Kier molecular flexibility index (Phi) is 4.89. The Balaban J connectivity index is 1.71. The number of amides is 1. The lowest BCUT2D eigenvalue weighted by atomic mass is 10.1. The molecular formula is C19H16N2O6. The van der Waals surface area contributed by atoms with E-state index in [4.69, 9.17) is 9.15 Å². The lowest BCUT2D eigenvalue weighted by Crippen LogP contribution is -2.20. The van der Waals surface area contributed by atoms with Crippen molar-refractivity contribution >= 4 is 28.3 Å². The first kappa shape index (κ1) is 18.1. The normalized spacial score (nSPS) is 10.6. The lowest BCUT2D eigenvalue weighted by Gasteiger charge is -2.11. The molecule has 0 bridgehead atoms. The van der Waals surface area contributed by atoms with Crippen LogP contribution in [0.25, 0.3) is 11.0 Å². The molecule has 0 saturated heterocycles. The molecule has 3 aromatic rings. The van der Waals surface area contributed by atoms with E-state index in [-0.39, 0.29) is 12.3 Å². The molecule has 0 unspecified atom stereocenters. The van der Waals surface area contributed by atoms with Gasteiger partial charge in [-0.1, -0.05) is 0 Å². The van der Waals surface area contributed by atoms with Crippen molar-refractivity contribution in [3.63, 3.8) is 0 Å². The SMILES string of the molecule is Cc1cc(=O)oc2c(C)c(OCC(=O)Nc3ccc([N+](=O)[O-])cc3)ccc12. The van der Waals surface area contributed by atoms with Gasteiger partial charge < -0.3 is 14.5 Å². The van der Waals surface area contributed by atoms with Crippen molar-refractivity contribution in [2.24, 2.45) is 0 Å². The zero-order valence-electron chi connectivity index (χ0n) is 14.6. The second kappa shape index (κ2) is 7.28. The van der Waals surface area contributed by atoms with E-state index in [1.165, 1.54) is 30.3 Å². The molecule has 1 N–H and O–H groups in total. The zero-order valence-corrected chi connectivity index (χ0v) is 14.6. The van der Waals surface area contributed by atoms with E-state index in [0.29, 0.717) is 22.6 Å². The Morgan fingerprint density at radius 2 is 1.89 bits per heavy atom. The van der Waals surface area contributed by atoms with Crippen molar-refractivity contribution in [1.29, 1.82) is 0 Å². The predicted molar refractivity (Wildman–Crippen MR) is 99.2 cm³/mol. The molecule has 0 aliphatic carbocycles. The number of nitro groups is 1. The minimum absolute atomic E-state index is 0.0622. The highest BCUT2D eigenvalue weighted by atomic mass is 16.6. The Morgan fingerprint density at radius 3 is 2.56 bits per heavy atom. The van der Waals surface area contributed by atoms with Gasteiger partial charge in [0, 0.05) is 34.8 Å². The number of rotatable bonds is 5. The van der Waals surface area contributed by atoms with Crippen LogP contribution in [0.5, 0.6) is 5.75 Å². The number of hydrogen-bond donors (Lipinski definition) is 1. The Hall–Kier alpha value is -3.68. The van der Waals surface area contributed by atoms with Crippen molar-refractivity contribution in [2.75, 3.05) is 11.9 Å². The van der Waals surface area contributed by atoms with Crippen molar-refractivity contribution in [1.82, 2.24) is 0 Å². The molecule has 8 heteroatoms. The van der Waals surface area contributed by atoms with Crippen molar-refractivity contribution in [3.8, 4) is 5.75 Å². The van der Waals surface area contributed by atoms with E-state index < -0.39 is 16.5 Å². The fourth-order valence-corrected chi connectivity index (χ4v) is 2.66. The van der Waals surface area contributed by atoms with E-state index in [2.05, 4.69) is 5.32 Å². The zero-order chi connectivity index (χ0) is 19.6. The second-order valence-corrected chi connectivity index (χ2v) is 5.95. The number of non-ortho nitro benzene ring substituents is 1. The number of hydrogen-bond acceptors (Lipinski definition) is 6. The monoisotopic (exact) mass is 368 g/mol. The molecule has 0 saturated carbocycles. The standard InChI is InChI=1S/C19H16N2O6/c1-11-9-18(23)27-19-12(2)16(8-7-15(11)19)26-10-17(22)20-13-3-5-14(6-4-13)21(24)25/h3-9H,10H2,1-2H3,(H,20,22). The third kappa shape index (κ3) is 3.95. The largest absolute Gasteiger partial charge is 0.483 e. The molecule has 138 valence electrons. The summed E-state index contributed by atoms with van der Waals surface area (Å²) in [6.07, 6.45) is 0. The minimum Gasteiger partial charge on any atom is -0.483 e. The maximum atomic E-state index is 12.0. The van der Waals surface area contributed by atoms with Gasteiger partial charge in [-0.05, 0) is 43.7 Å². The summed E-state index contributed by atoms with van der Waals surface area (Å²) in [7, 11) is 0. The molecule has 3 rings (SSSR count). The summed E-state index contributed by atoms with van der Waals surface area (Å²) in [6, 6.07) is 10.4. The summed E-state index contributed by atoms with van der Waals surface area (Å²) in [6.45, 7) is 3.30. The molecule has 0 aliphatic rings. The van der Waals surface area contributed by atoms with Crippen LogP contribution in [-0.4, -0.2) is 17.4 Å². The van der Waals surface area contributed by atoms with Gasteiger partial charge in [0.05, 0.1) is 4.92 Å². The minimum atomic E-state index is -0.517. The summed E-state index contributed by atoms with van der Waals surface area (Å²) in [5.74, 6) is 0.00384. The average Bonchev–Trinajstić information content (AvgIpc) is 2.62. The molecule has 0 aliphatic heterocycles. The van der Waals surface area contributed by atoms with Crippen LogP contribution in [0.2, 0.25) is 0 Å². The molecule has 0 radical (unpaired) electrons. The number of fused-ring (bicyclic) bond motifs is 1. The number of carbonyl (C=O) groups excluding carboxylic acids is 1. The highest BCUT2D eigenvalue weighted by Gasteiger charge is 2.12. The van der Waals surface area contributed by atoms with Gasteiger partial charge in [0.25, 0.3) is 11.6 Å². The molecule has 8 nitrogen and oxygen atoms in total. The second-order valence-electron chi connectivity index (χ2n) is 5.95. The third-order valence-corrected chi connectivity index (χ3v) is 4.04. The summed E-state index contributed by atoms with van der Waals surface area (Å²) in [5, 5.41) is 14.0. The fraction of sp³-hybridized carbons (Fsp3) is 0.158. The van der Waals surface area contributed by atoms with Gasteiger partial charge in [0.15, 0.2) is 6.61 Å². The first-order valence-corrected chi connectivity index (χ1v) is 8.06. The van der Waals surface area contributed by atoms with Crippen LogP contribution >= 0.6 is 0 Å². The number of carbonyl (C=O) groups is 1. The van der Waals surface area contributed by atoms with Crippen LogP contribution in [-0.2, 0) is 4.79 Å². The van der Waals surface area contributed by atoms with Gasteiger partial charge in [-0.2, -0.15) is 0 Å². The van der Waals surface area contributed by atoms with Crippen molar-refractivity contribution in [3.05, 3.63) is 74.1 Å². The van der Waals surface area contributed by atoms with E-state index >= 15 is 0 Å². The number of nitrogens with one attached hydrogen (secondary N) is 1. The topological polar surface area (TPSA) is 112 Å². The fourth-order valence-electron chi connectivity index (χ4n) is 2.66. The van der Waals surface area contributed by atoms with Crippen LogP contribution in [0.1, 0.15) is 11.1 Å². The molecule has 1 amide bonds. The number of aryl methyl sites for hydroxylation is 2. The van der Waals surface area contributed by atoms with Crippen LogP contribution in [0.4, 0.5) is 11.4 Å². The predicted octanol–water partition coefficient (Wildman–Crippen LogP) is 3.34. The van der Waals surface area contributed by atoms with Gasteiger partial charge in [-0.15, -0.1) is 0 Å². The highest BCUT2D eigenvalue weighted by Crippen LogP contribution is 2.28. The highest BCUT2D eigenvalue weighted by molar-refractivity contribution is 5.92. The number of ether oxygens (including phenoxy) is 1. The molecule has 2 aromatic carbocycles. The maximum Gasteiger partial charge on any atom is 0.336 e. The molecule has 27 heavy (non-hydrogen) atoms. The number of anilines is 1. The number of nitro benzene ring substituents is 1. The van der Waals surface area contributed by atoms with Gasteiger partial charge in [0.1, 0.15) is 11.3 Å². The van der Waals surface area contributed by atoms with E-state index in [0.717, 1.165) is 10.9 Å². The van der Waals surface area contributed by atoms with E-state index in [1.54, 1.807) is 19.1 Å². The smallest absolute Gasteiger partial charge is 0.336 e. The summed E-state index contributed by atoms with van der Waals surface area (Å²) in [5.41, 5.74) is 1.76. The van der Waals surface area contributed by atoms with Crippen LogP contribution in [0.15, 0.2) is 51.7 Å². The molecule has 1 aromatic heterocycles. The summed E-state index contributed by atoms with van der Waals surface area (Å²) >= 11 is 0. The first-order valence-electron chi connectivity index (χ1n) is 8.06.